The first kappa shape index (κ1) is 11.5. The second-order valence-electron chi connectivity index (χ2n) is 4.05. The highest BCUT2D eigenvalue weighted by Gasteiger charge is 2.21. The van der Waals surface area contributed by atoms with Crippen molar-refractivity contribution in [2.45, 2.75) is 18.9 Å². The summed E-state index contributed by atoms with van der Waals surface area (Å²) in [5, 5.41) is 0. The standard InChI is InChI=1S/C12H16BrNS/c13-11-5-3-9(4-6-11)12(14)10-2-1-7-15-8-10/h3-6,10,12H,1-2,7-8,14H2. The molecule has 1 aliphatic rings. The molecule has 2 rings (SSSR count). The lowest BCUT2D eigenvalue weighted by atomic mass is 9.91. The topological polar surface area (TPSA) is 26.0 Å². The minimum atomic E-state index is 0.214. The summed E-state index contributed by atoms with van der Waals surface area (Å²) < 4.78 is 1.12. The Morgan fingerprint density at radius 1 is 1.33 bits per heavy atom. The molecule has 2 N–H and O–H groups in total. The monoisotopic (exact) mass is 285 g/mol. The van der Waals surface area contributed by atoms with Gasteiger partial charge in [0.15, 0.2) is 0 Å². The molecule has 0 saturated carbocycles. The van der Waals surface area contributed by atoms with E-state index in [1.807, 2.05) is 11.8 Å². The second kappa shape index (κ2) is 5.37. The van der Waals surface area contributed by atoms with Crippen molar-refractivity contribution in [3.63, 3.8) is 0 Å². The SMILES string of the molecule is NC(c1ccc(Br)cc1)C1CCCSC1. The fourth-order valence-corrected chi connectivity index (χ4v) is 3.48. The molecule has 0 radical (unpaired) electrons. The summed E-state index contributed by atoms with van der Waals surface area (Å²) in [7, 11) is 0. The normalized spacial score (nSPS) is 23.7. The summed E-state index contributed by atoms with van der Waals surface area (Å²) in [5.74, 6) is 3.19. The molecule has 0 aliphatic carbocycles. The molecule has 1 saturated heterocycles. The van der Waals surface area contributed by atoms with Gasteiger partial charge in [0.05, 0.1) is 0 Å². The lowest BCUT2D eigenvalue weighted by molar-refractivity contribution is 0.434. The minimum Gasteiger partial charge on any atom is -0.324 e. The summed E-state index contributed by atoms with van der Waals surface area (Å²) >= 11 is 5.49. The molecule has 3 heteroatoms. The number of hydrogen-bond donors (Lipinski definition) is 1. The fourth-order valence-electron chi connectivity index (χ4n) is 2.01. The van der Waals surface area contributed by atoms with E-state index in [0.29, 0.717) is 5.92 Å². The van der Waals surface area contributed by atoms with Gasteiger partial charge in [-0.05, 0) is 48.0 Å². The van der Waals surface area contributed by atoms with Gasteiger partial charge in [-0.2, -0.15) is 11.8 Å². The van der Waals surface area contributed by atoms with Gasteiger partial charge >= 0.3 is 0 Å². The van der Waals surface area contributed by atoms with Crippen LogP contribution in [0.3, 0.4) is 0 Å². The molecule has 0 bridgehead atoms. The Balaban J connectivity index is 2.05. The van der Waals surface area contributed by atoms with Crippen molar-refractivity contribution in [1.29, 1.82) is 0 Å². The van der Waals surface area contributed by atoms with Crippen molar-refractivity contribution in [3.05, 3.63) is 34.3 Å². The van der Waals surface area contributed by atoms with E-state index >= 15 is 0 Å². The molecule has 1 fully saturated rings. The van der Waals surface area contributed by atoms with Crippen molar-refractivity contribution in [1.82, 2.24) is 0 Å². The van der Waals surface area contributed by atoms with Crippen LogP contribution in [0.4, 0.5) is 0 Å². The predicted octanol–water partition coefficient (Wildman–Crippen LogP) is 3.59. The zero-order valence-corrected chi connectivity index (χ0v) is 11.1. The quantitative estimate of drug-likeness (QED) is 0.899. The van der Waals surface area contributed by atoms with Crippen LogP contribution in [-0.4, -0.2) is 11.5 Å². The van der Waals surface area contributed by atoms with Crippen molar-refractivity contribution in [3.8, 4) is 0 Å². The third-order valence-corrected chi connectivity index (χ3v) is 4.73. The van der Waals surface area contributed by atoms with Crippen LogP contribution in [0.5, 0.6) is 0 Å². The van der Waals surface area contributed by atoms with Crippen molar-refractivity contribution in [2.24, 2.45) is 11.7 Å². The number of halogens is 1. The van der Waals surface area contributed by atoms with Crippen LogP contribution in [0.2, 0.25) is 0 Å². The molecule has 1 nitrogen and oxygen atoms in total. The second-order valence-corrected chi connectivity index (χ2v) is 6.12. The third kappa shape index (κ3) is 2.99. The first-order valence-electron chi connectivity index (χ1n) is 5.36. The Morgan fingerprint density at radius 2 is 2.07 bits per heavy atom. The van der Waals surface area contributed by atoms with Gasteiger partial charge in [-0.3, -0.25) is 0 Å². The Bertz CT molecular complexity index is 306. The maximum Gasteiger partial charge on any atom is 0.0331 e. The van der Waals surface area contributed by atoms with Gasteiger partial charge in [0.1, 0.15) is 0 Å². The number of benzene rings is 1. The lowest BCUT2D eigenvalue weighted by Crippen LogP contribution is -2.25. The Kier molecular flexibility index (Phi) is 4.12. The van der Waals surface area contributed by atoms with E-state index in [0.717, 1.165) is 4.47 Å². The number of nitrogens with two attached hydrogens (primary N) is 1. The first-order chi connectivity index (χ1) is 7.27. The van der Waals surface area contributed by atoms with E-state index in [1.165, 1.54) is 29.9 Å². The van der Waals surface area contributed by atoms with Crippen molar-refractivity contribution in [2.75, 3.05) is 11.5 Å². The molecule has 2 unspecified atom stereocenters. The lowest BCUT2D eigenvalue weighted by Gasteiger charge is -2.27. The molecule has 1 aliphatic heterocycles. The van der Waals surface area contributed by atoms with Gasteiger partial charge in [0.25, 0.3) is 0 Å². The average Bonchev–Trinajstić information content (AvgIpc) is 2.30. The summed E-state index contributed by atoms with van der Waals surface area (Å²) in [6.07, 6.45) is 2.60. The molecule has 1 aromatic carbocycles. The third-order valence-electron chi connectivity index (χ3n) is 2.96. The number of rotatable bonds is 2. The van der Waals surface area contributed by atoms with Gasteiger partial charge in [-0.25, -0.2) is 0 Å². The summed E-state index contributed by atoms with van der Waals surface area (Å²) in [6, 6.07) is 8.63. The zero-order valence-electron chi connectivity index (χ0n) is 8.66. The predicted molar refractivity (Wildman–Crippen MR) is 71.1 cm³/mol. The highest BCUT2D eigenvalue weighted by atomic mass is 79.9. The molecule has 82 valence electrons. The summed E-state index contributed by atoms with van der Waals surface area (Å²) in [6.45, 7) is 0. The molecular weight excluding hydrogens is 270 g/mol. The van der Waals surface area contributed by atoms with Crippen LogP contribution in [0.1, 0.15) is 24.4 Å². The van der Waals surface area contributed by atoms with Crippen LogP contribution >= 0.6 is 27.7 Å². The highest BCUT2D eigenvalue weighted by molar-refractivity contribution is 9.10. The Hall–Kier alpha value is 0.01000. The average molecular weight is 286 g/mol. The van der Waals surface area contributed by atoms with E-state index in [9.17, 15) is 0 Å². The maximum absolute atomic E-state index is 6.29. The van der Waals surface area contributed by atoms with Crippen LogP contribution in [0.15, 0.2) is 28.7 Å². The van der Waals surface area contributed by atoms with Gasteiger partial charge in [-0.1, -0.05) is 28.1 Å². The number of thioether (sulfide) groups is 1. The molecule has 1 aromatic rings. The van der Waals surface area contributed by atoms with Crippen molar-refractivity contribution >= 4 is 27.7 Å². The molecule has 0 aromatic heterocycles. The molecule has 0 spiro atoms. The van der Waals surface area contributed by atoms with Crippen LogP contribution < -0.4 is 5.73 Å². The summed E-state index contributed by atoms with van der Waals surface area (Å²) in [5.41, 5.74) is 7.56. The zero-order chi connectivity index (χ0) is 10.7. The van der Waals surface area contributed by atoms with Crippen LogP contribution in [0, 0.1) is 5.92 Å². The Morgan fingerprint density at radius 3 is 2.67 bits per heavy atom. The van der Waals surface area contributed by atoms with E-state index in [-0.39, 0.29) is 6.04 Å². The van der Waals surface area contributed by atoms with E-state index in [2.05, 4.69) is 40.2 Å². The van der Waals surface area contributed by atoms with Crippen molar-refractivity contribution < 1.29 is 0 Å². The molecule has 2 atom stereocenters. The minimum absolute atomic E-state index is 0.214. The van der Waals surface area contributed by atoms with Gasteiger partial charge in [0.2, 0.25) is 0 Å². The van der Waals surface area contributed by atoms with Gasteiger partial charge in [-0.15, -0.1) is 0 Å². The van der Waals surface area contributed by atoms with Gasteiger partial charge < -0.3 is 5.73 Å². The van der Waals surface area contributed by atoms with E-state index in [4.69, 9.17) is 5.73 Å². The molecule has 1 heterocycles. The van der Waals surface area contributed by atoms with Crippen LogP contribution in [-0.2, 0) is 0 Å². The largest absolute Gasteiger partial charge is 0.324 e. The van der Waals surface area contributed by atoms with Gasteiger partial charge in [0, 0.05) is 10.5 Å². The molecule has 15 heavy (non-hydrogen) atoms. The Labute approximate surface area is 104 Å². The molecular formula is C12H16BrNS. The fraction of sp³-hybridized carbons (Fsp3) is 0.500. The maximum atomic E-state index is 6.29. The highest BCUT2D eigenvalue weighted by Crippen LogP contribution is 2.31. The first-order valence-corrected chi connectivity index (χ1v) is 7.31. The number of hydrogen-bond acceptors (Lipinski definition) is 2. The van der Waals surface area contributed by atoms with Crippen LogP contribution in [0.25, 0.3) is 0 Å². The molecule has 0 amide bonds. The van der Waals surface area contributed by atoms with E-state index < -0.39 is 0 Å². The van der Waals surface area contributed by atoms with E-state index in [1.54, 1.807) is 0 Å². The summed E-state index contributed by atoms with van der Waals surface area (Å²) in [4.78, 5) is 0. The smallest absolute Gasteiger partial charge is 0.0331 e.